The summed E-state index contributed by atoms with van der Waals surface area (Å²) in [6.07, 6.45) is 3.79. The molecule has 13 heavy (non-hydrogen) atoms. The highest BCUT2D eigenvalue weighted by Gasteiger charge is 2.14. The molecule has 0 bridgehead atoms. The smallest absolute Gasteiger partial charge is 0.0516 e. The zero-order chi connectivity index (χ0) is 9.94. The van der Waals surface area contributed by atoms with E-state index in [0.29, 0.717) is 0 Å². The minimum atomic E-state index is 0.894. The topological polar surface area (TPSA) is 21.3 Å². The van der Waals surface area contributed by atoms with Crippen molar-refractivity contribution in [3.05, 3.63) is 0 Å². The molecule has 0 aromatic rings. The third kappa shape index (κ3) is 8.26. The summed E-state index contributed by atoms with van der Waals surface area (Å²) in [4.78, 5) is 0. The van der Waals surface area contributed by atoms with Crippen LogP contribution in [-0.4, -0.2) is 26.3 Å². The fourth-order valence-electron chi connectivity index (χ4n) is 0.999. The second kappa shape index (κ2) is 10.0. The average molecular weight is 187 g/mol. The van der Waals surface area contributed by atoms with Crippen LogP contribution in [0.1, 0.15) is 40.0 Å². The normalized spacial score (nSPS) is 15.9. The van der Waals surface area contributed by atoms with E-state index in [0.717, 1.165) is 19.1 Å². The van der Waals surface area contributed by atoms with E-state index in [1.54, 1.807) is 0 Å². The van der Waals surface area contributed by atoms with Crippen LogP contribution >= 0.6 is 0 Å². The third-order valence-electron chi connectivity index (χ3n) is 2.14. The lowest BCUT2D eigenvalue weighted by Crippen LogP contribution is -2.26. The second-order valence-corrected chi connectivity index (χ2v) is 3.56. The molecule has 1 saturated heterocycles. The Labute approximate surface area is 83.1 Å². The molecule has 0 aromatic heterocycles. The van der Waals surface area contributed by atoms with Gasteiger partial charge in [0.2, 0.25) is 0 Å². The van der Waals surface area contributed by atoms with Crippen molar-refractivity contribution in [2.45, 2.75) is 40.0 Å². The summed E-state index contributed by atoms with van der Waals surface area (Å²) in [7, 11) is 0. The maximum absolute atomic E-state index is 4.93. The van der Waals surface area contributed by atoms with Gasteiger partial charge >= 0.3 is 0 Å². The Hall–Kier alpha value is -0.0800. The summed E-state index contributed by atoms with van der Waals surface area (Å²) < 4.78 is 4.93. The monoisotopic (exact) mass is 187 g/mol. The standard InChI is InChI=1S/C6H15N.C5H10O/c1-3-5-7-6-4-2;1-2-5-3-6-4-5/h7H,3-6H2,1-2H3;5H,2-4H2,1H3. The highest BCUT2D eigenvalue weighted by atomic mass is 16.5. The van der Waals surface area contributed by atoms with Crippen molar-refractivity contribution in [1.82, 2.24) is 5.32 Å². The molecule has 1 aliphatic heterocycles. The molecule has 0 aromatic carbocycles. The van der Waals surface area contributed by atoms with Gasteiger partial charge in [-0.05, 0) is 32.4 Å². The molecule has 1 aliphatic rings. The summed E-state index contributed by atoms with van der Waals surface area (Å²) in [6.45, 7) is 10.9. The highest BCUT2D eigenvalue weighted by Crippen LogP contribution is 2.12. The number of ether oxygens (including phenoxy) is 1. The zero-order valence-corrected chi connectivity index (χ0v) is 9.44. The van der Waals surface area contributed by atoms with Gasteiger partial charge in [-0.3, -0.25) is 0 Å². The fourth-order valence-corrected chi connectivity index (χ4v) is 0.999. The molecule has 0 radical (unpaired) electrons. The van der Waals surface area contributed by atoms with Gasteiger partial charge in [-0.1, -0.05) is 20.8 Å². The van der Waals surface area contributed by atoms with Crippen molar-refractivity contribution in [2.24, 2.45) is 5.92 Å². The van der Waals surface area contributed by atoms with Crippen molar-refractivity contribution >= 4 is 0 Å². The Morgan fingerprint density at radius 3 is 1.77 bits per heavy atom. The lowest BCUT2D eigenvalue weighted by Gasteiger charge is -2.23. The highest BCUT2D eigenvalue weighted by molar-refractivity contribution is 4.61. The summed E-state index contributed by atoms with van der Waals surface area (Å²) in [5, 5.41) is 3.28. The molecule has 0 atom stereocenters. The molecule has 2 nitrogen and oxygen atoms in total. The first-order chi connectivity index (χ1) is 6.35. The number of hydrogen-bond acceptors (Lipinski definition) is 2. The maximum atomic E-state index is 4.93. The van der Waals surface area contributed by atoms with Gasteiger partial charge in [0.05, 0.1) is 13.2 Å². The Kier molecular flexibility index (Phi) is 9.94. The van der Waals surface area contributed by atoms with Gasteiger partial charge in [0.25, 0.3) is 0 Å². The molecule has 1 rings (SSSR count). The molecule has 0 aliphatic carbocycles. The van der Waals surface area contributed by atoms with E-state index in [-0.39, 0.29) is 0 Å². The first-order valence-corrected chi connectivity index (χ1v) is 5.63. The van der Waals surface area contributed by atoms with Crippen LogP contribution in [0, 0.1) is 5.92 Å². The Morgan fingerprint density at radius 2 is 1.62 bits per heavy atom. The minimum absolute atomic E-state index is 0.894. The van der Waals surface area contributed by atoms with Crippen molar-refractivity contribution in [3.63, 3.8) is 0 Å². The van der Waals surface area contributed by atoms with Gasteiger partial charge in [0, 0.05) is 5.92 Å². The van der Waals surface area contributed by atoms with Crippen LogP contribution in [0.25, 0.3) is 0 Å². The third-order valence-corrected chi connectivity index (χ3v) is 2.14. The van der Waals surface area contributed by atoms with Crippen LogP contribution < -0.4 is 5.32 Å². The van der Waals surface area contributed by atoms with E-state index >= 15 is 0 Å². The van der Waals surface area contributed by atoms with Crippen LogP contribution in [0.4, 0.5) is 0 Å². The lowest BCUT2D eigenvalue weighted by molar-refractivity contribution is -0.0331. The van der Waals surface area contributed by atoms with Crippen LogP contribution in [0.3, 0.4) is 0 Å². The minimum Gasteiger partial charge on any atom is -0.381 e. The van der Waals surface area contributed by atoms with Crippen LogP contribution in [-0.2, 0) is 4.74 Å². The molecule has 0 amide bonds. The van der Waals surface area contributed by atoms with Crippen molar-refractivity contribution in [3.8, 4) is 0 Å². The van der Waals surface area contributed by atoms with Crippen LogP contribution in [0.2, 0.25) is 0 Å². The van der Waals surface area contributed by atoms with E-state index in [1.807, 2.05) is 0 Å². The fraction of sp³-hybridized carbons (Fsp3) is 1.00. The van der Waals surface area contributed by atoms with Gasteiger partial charge in [-0.25, -0.2) is 0 Å². The average Bonchev–Trinajstić information content (AvgIpc) is 2.05. The van der Waals surface area contributed by atoms with E-state index in [1.165, 1.54) is 32.4 Å². The van der Waals surface area contributed by atoms with Crippen molar-refractivity contribution in [2.75, 3.05) is 26.3 Å². The van der Waals surface area contributed by atoms with Crippen molar-refractivity contribution in [1.29, 1.82) is 0 Å². The summed E-state index contributed by atoms with van der Waals surface area (Å²) in [5.41, 5.74) is 0. The Morgan fingerprint density at radius 1 is 1.08 bits per heavy atom. The summed E-state index contributed by atoms with van der Waals surface area (Å²) in [6, 6.07) is 0. The molecule has 1 N–H and O–H groups in total. The van der Waals surface area contributed by atoms with Gasteiger partial charge in [-0.15, -0.1) is 0 Å². The molecule has 2 heteroatoms. The molecule has 1 heterocycles. The zero-order valence-electron chi connectivity index (χ0n) is 9.44. The van der Waals surface area contributed by atoms with Crippen LogP contribution in [0.5, 0.6) is 0 Å². The van der Waals surface area contributed by atoms with Gasteiger partial charge in [-0.2, -0.15) is 0 Å². The Bertz CT molecular complexity index is 85.3. The van der Waals surface area contributed by atoms with Gasteiger partial charge in [0.15, 0.2) is 0 Å². The molecule has 80 valence electrons. The van der Waals surface area contributed by atoms with E-state index in [2.05, 4.69) is 26.1 Å². The quantitative estimate of drug-likeness (QED) is 0.667. The lowest BCUT2D eigenvalue weighted by atomic mass is 10.1. The Balaban J connectivity index is 0.000000223. The molecule has 1 fully saturated rings. The molecular weight excluding hydrogens is 162 g/mol. The van der Waals surface area contributed by atoms with Crippen LogP contribution in [0.15, 0.2) is 0 Å². The molecular formula is C11H25NO. The largest absolute Gasteiger partial charge is 0.381 e. The predicted molar refractivity (Wildman–Crippen MR) is 58.1 cm³/mol. The second-order valence-electron chi connectivity index (χ2n) is 3.56. The SMILES string of the molecule is CCC1COC1.CCCNCCC. The molecule has 0 unspecified atom stereocenters. The first-order valence-electron chi connectivity index (χ1n) is 5.63. The van der Waals surface area contributed by atoms with E-state index in [4.69, 9.17) is 4.74 Å². The number of rotatable bonds is 5. The molecule has 0 spiro atoms. The maximum Gasteiger partial charge on any atom is 0.0516 e. The predicted octanol–water partition coefficient (Wildman–Crippen LogP) is 2.44. The summed E-state index contributed by atoms with van der Waals surface area (Å²) in [5.74, 6) is 0.894. The molecule has 0 saturated carbocycles. The first kappa shape index (κ1) is 12.9. The number of nitrogens with one attached hydrogen (secondary N) is 1. The van der Waals surface area contributed by atoms with Crippen molar-refractivity contribution < 1.29 is 4.74 Å². The van der Waals surface area contributed by atoms with Gasteiger partial charge in [0.1, 0.15) is 0 Å². The van der Waals surface area contributed by atoms with E-state index < -0.39 is 0 Å². The van der Waals surface area contributed by atoms with Gasteiger partial charge < -0.3 is 10.1 Å². The number of hydrogen-bond donors (Lipinski definition) is 1. The van der Waals surface area contributed by atoms with E-state index in [9.17, 15) is 0 Å². The summed E-state index contributed by atoms with van der Waals surface area (Å²) >= 11 is 0.